The summed E-state index contributed by atoms with van der Waals surface area (Å²) in [6.07, 6.45) is 0.176. The molecular weight excluding hydrogens is 418 g/mol. The molecule has 0 spiro atoms. The number of aryl methyl sites for hydroxylation is 4. The van der Waals surface area contributed by atoms with Crippen molar-refractivity contribution in [2.75, 3.05) is 5.32 Å². The number of hydrogen-bond donors (Lipinski definition) is 2. The van der Waals surface area contributed by atoms with E-state index in [0.717, 1.165) is 43.1 Å². The molecule has 0 saturated heterocycles. The van der Waals surface area contributed by atoms with E-state index in [9.17, 15) is 9.59 Å². The summed E-state index contributed by atoms with van der Waals surface area (Å²) in [6, 6.07) is 7.39. The molecule has 2 N–H and O–H groups in total. The Kier molecular flexibility index (Phi) is 5.48. The second-order valence-corrected chi connectivity index (χ2v) is 9.31. The maximum Gasteiger partial charge on any atom is 0.266 e. The molecule has 3 heterocycles. The van der Waals surface area contributed by atoms with Crippen molar-refractivity contribution >= 4 is 40.3 Å². The van der Waals surface area contributed by atoms with E-state index in [2.05, 4.69) is 20.4 Å². The number of thiazole rings is 1. The Morgan fingerprint density at radius 1 is 1.20 bits per heavy atom. The quantitative estimate of drug-likeness (QED) is 0.490. The molecule has 1 amide bonds. The van der Waals surface area contributed by atoms with Gasteiger partial charge in [0.1, 0.15) is 0 Å². The second-order valence-electron chi connectivity index (χ2n) is 7.13. The molecule has 0 unspecified atom stereocenters. The number of benzene rings is 1. The number of aromatic amines is 1. The van der Waals surface area contributed by atoms with Gasteiger partial charge in [-0.05, 0) is 51.5 Å². The third-order valence-electron chi connectivity index (χ3n) is 4.81. The Labute approximate surface area is 181 Å². The molecule has 4 rings (SSSR count). The molecule has 0 aliphatic carbocycles. The van der Waals surface area contributed by atoms with Crippen molar-refractivity contribution in [1.82, 2.24) is 19.6 Å². The van der Waals surface area contributed by atoms with Crippen LogP contribution in [0.4, 0.5) is 5.69 Å². The van der Waals surface area contributed by atoms with E-state index >= 15 is 0 Å². The standard InChI is InChI=1S/C21H21N5O2S2/c1-11-7-15(30-21-22-12(2)10-29-21)5-6-17(11)24-19(27)8-16-13(3)23-18-9-20(28)25-26(18)14(16)4/h5-7,9-10H,8H2,1-4H3,(H,24,27)(H,25,28). The number of aromatic nitrogens is 4. The minimum absolute atomic E-state index is 0.129. The molecule has 3 aromatic heterocycles. The fraction of sp³-hybridized carbons (Fsp3) is 0.238. The molecule has 0 bridgehead atoms. The van der Waals surface area contributed by atoms with Crippen molar-refractivity contribution in [3.8, 4) is 0 Å². The van der Waals surface area contributed by atoms with E-state index in [1.165, 1.54) is 6.07 Å². The lowest BCUT2D eigenvalue weighted by Crippen LogP contribution is -2.18. The van der Waals surface area contributed by atoms with E-state index in [1.807, 2.05) is 51.3 Å². The molecule has 0 aliphatic rings. The van der Waals surface area contributed by atoms with E-state index in [-0.39, 0.29) is 17.9 Å². The zero-order valence-electron chi connectivity index (χ0n) is 17.1. The van der Waals surface area contributed by atoms with Crippen LogP contribution in [0.25, 0.3) is 5.65 Å². The SMILES string of the molecule is Cc1csc(Sc2ccc(NC(=O)Cc3c(C)nc4cc(=O)[nH]n4c3C)c(C)c2)n1. The fourth-order valence-electron chi connectivity index (χ4n) is 3.29. The summed E-state index contributed by atoms with van der Waals surface area (Å²) >= 11 is 3.24. The van der Waals surface area contributed by atoms with Crippen LogP contribution in [-0.4, -0.2) is 25.5 Å². The summed E-state index contributed by atoms with van der Waals surface area (Å²) in [7, 11) is 0. The van der Waals surface area contributed by atoms with Gasteiger partial charge in [-0.1, -0.05) is 11.8 Å². The topological polar surface area (TPSA) is 92.1 Å². The highest BCUT2D eigenvalue weighted by atomic mass is 32.2. The van der Waals surface area contributed by atoms with Crippen molar-refractivity contribution in [2.24, 2.45) is 0 Å². The van der Waals surface area contributed by atoms with Crippen LogP contribution in [0.15, 0.2) is 43.7 Å². The first-order valence-corrected chi connectivity index (χ1v) is 11.1. The third kappa shape index (κ3) is 4.17. The van der Waals surface area contributed by atoms with Crippen LogP contribution < -0.4 is 10.9 Å². The number of hydrogen-bond acceptors (Lipinski definition) is 6. The van der Waals surface area contributed by atoms with Gasteiger partial charge in [0.2, 0.25) is 5.91 Å². The van der Waals surface area contributed by atoms with Crippen molar-refractivity contribution in [2.45, 2.75) is 43.4 Å². The number of anilines is 1. The molecule has 154 valence electrons. The lowest BCUT2D eigenvalue weighted by atomic mass is 10.1. The molecule has 0 aliphatic heterocycles. The predicted octanol–water partition coefficient (Wildman–Crippen LogP) is 4.05. The van der Waals surface area contributed by atoms with E-state index in [4.69, 9.17) is 0 Å². The number of nitrogens with one attached hydrogen (secondary N) is 2. The first-order chi connectivity index (χ1) is 14.3. The summed E-state index contributed by atoms with van der Waals surface area (Å²) in [5, 5.41) is 7.74. The lowest BCUT2D eigenvalue weighted by molar-refractivity contribution is -0.115. The average molecular weight is 440 g/mol. The fourth-order valence-corrected chi connectivity index (χ4v) is 5.20. The van der Waals surface area contributed by atoms with Crippen LogP contribution in [0.1, 0.15) is 28.2 Å². The van der Waals surface area contributed by atoms with E-state index < -0.39 is 0 Å². The number of rotatable bonds is 5. The van der Waals surface area contributed by atoms with Gasteiger partial charge in [-0.3, -0.25) is 14.7 Å². The van der Waals surface area contributed by atoms with E-state index in [0.29, 0.717) is 5.65 Å². The van der Waals surface area contributed by atoms with Crippen LogP contribution in [0, 0.1) is 27.7 Å². The molecule has 1 aromatic carbocycles. The number of carbonyl (C=O) groups excluding carboxylic acids is 1. The van der Waals surface area contributed by atoms with Crippen LogP contribution in [0.5, 0.6) is 0 Å². The van der Waals surface area contributed by atoms with Gasteiger partial charge in [-0.15, -0.1) is 11.3 Å². The number of nitrogens with zero attached hydrogens (tertiary/aromatic N) is 3. The molecular formula is C21H21N5O2S2. The molecule has 0 fully saturated rings. The Morgan fingerprint density at radius 3 is 2.70 bits per heavy atom. The maximum absolute atomic E-state index is 12.7. The zero-order chi connectivity index (χ0) is 21.4. The lowest BCUT2D eigenvalue weighted by Gasteiger charge is -2.13. The first kappa shape index (κ1) is 20.4. The number of H-pyrrole nitrogens is 1. The molecule has 4 aromatic rings. The molecule has 0 radical (unpaired) electrons. The Morgan fingerprint density at radius 2 is 2.00 bits per heavy atom. The van der Waals surface area contributed by atoms with Crippen molar-refractivity contribution < 1.29 is 4.79 Å². The minimum Gasteiger partial charge on any atom is -0.326 e. The van der Waals surface area contributed by atoms with Gasteiger partial charge in [-0.2, -0.15) is 0 Å². The van der Waals surface area contributed by atoms with Crippen LogP contribution >= 0.6 is 23.1 Å². The zero-order valence-corrected chi connectivity index (χ0v) is 18.7. The van der Waals surface area contributed by atoms with E-state index in [1.54, 1.807) is 27.6 Å². The highest BCUT2D eigenvalue weighted by Crippen LogP contribution is 2.32. The Hall–Kier alpha value is -2.91. The van der Waals surface area contributed by atoms with Crippen LogP contribution in [0.3, 0.4) is 0 Å². The van der Waals surface area contributed by atoms with Crippen LogP contribution in [0.2, 0.25) is 0 Å². The summed E-state index contributed by atoms with van der Waals surface area (Å²) in [6.45, 7) is 7.68. The number of fused-ring (bicyclic) bond motifs is 1. The molecule has 9 heteroatoms. The van der Waals surface area contributed by atoms with Crippen molar-refractivity contribution in [3.63, 3.8) is 0 Å². The third-order valence-corrected chi connectivity index (χ3v) is 6.86. The largest absolute Gasteiger partial charge is 0.326 e. The van der Waals surface area contributed by atoms with Gasteiger partial charge < -0.3 is 5.32 Å². The van der Waals surface area contributed by atoms with Gasteiger partial charge in [0.15, 0.2) is 9.99 Å². The Balaban J connectivity index is 1.50. The van der Waals surface area contributed by atoms with Gasteiger partial charge in [0.05, 0.1) is 6.42 Å². The minimum atomic E-state index is -0.215. The smallest absolute Gasteiger partial charge is 0.266 e. The highest BCUT2D eigenvalue weighted by Gasteiger charge is 2.15. The molecule has 30 heavy (non-hydrogen) atoms. The summed E-state index contributed by atoms with van der Waals surface area (Å²) in [4.78, 5) is 34.3. The molecule has 7 nitrogen and oxygen atoms in total. The second kappa shape index (κ2) is 8.08. The Bertz CT molecular complexity index is 1320. The predicted molar refractivity (Wildman–Crippen MR) is 120 cm³/mol. The normalized spacial score (nSPS) is 11.2. The van der Waals surface area contributed by atoms with Gasteiger partial charge in [0, 0.05) is 44.7 Å². The maximum atomic E-state index is 12.7. The van der Waals surface area contributed by atoms with Gasteiger partial charge in [-0.25, -0.2) is 14.5 Å². The number of amides is 1. The molecule has 0 saturated carbocycles. The molecule has 0 atom stereocenters. The summed E-state index contributed by atoms with van der Waals surface area (Å²) in [5.74, 6) is -0.129. The summed E-state index contributed by atoms with van der Waals surface area (Å²) < 4.78 is 2.62. The van der Waals surface area contributed by atoms with Crippen molar-refractivity contribution in [3.05, 3.63) is 68.2 Å². The van der Waals surface area contributed by atoms with Gasteiger partial charge >= 0.3 is 0 Å². The monoisotopic (exact) mass is 439 g/mol. The number of carbonyl (C=O) groups is 1. The summed E-state index contributed by atoms with van der Waals surface area (Å²) in [5.41, 5.74) is 5.46. The van der Waals surface area contributed by atoms with Gasteiger partial charge in [0.25, 0.3) is 5.56 Å². The average Bonchev–Trinajstić information content (AvgIpc) is 3.25. The first-order valence-electron chi connectivity index (χ1n) is 9.38. The van der Waals surface area contributed by atoms with Crippen molar-refractivity contribution in [1.29, 1.82) is 0 Å². The highest BCUT2D eigenvalue weighted by molar-refractivity contribution is 8.01. The van der Waals surface area contributed by atoms with Crippen LogP contribution in [-0.2, 0) is 11.2 Å².